The second kappa shape index (κ2) is 9.07. The third-order valence-corrected chi connectivity index (χ3v) is 4.70. The molecule has 2 aromatic carbocycles. The summed E-state index contributed by atoms with van der Waals surface area (Å²) in [5.41, 5.74) is 2.65. The van der Waals surface area contributed by atoms with Gasteiger partial charge in [-0.15, -0.1) is 0 Å². The van der Waals surface area contributed by atoms with Crippen LogP contribution in [0.1, 0.15) is 26.2 Å². The van der Waals surface area contributed by atoms with E-state index in [1.54, 1.807) is 31.2 Å². The number of benzene rings is 2. The number of carbonyl (C=O) groups is 2. The lowest BCUT2D eigenvalue weighted by atomic mass is 10.0. The van der Waals surface area contributed by atoms with E-state index in [1.807, 2.05) is 18.2 Å². The third kappa shape index (κ3) is 5.48. The van der Waals surface area contributed by atoms with Gasteiger partial charge in [-0.05, 0) is 49.2 Å². The average Bonchev–Trinajstić information content (AvgIpc) is 2.70. The molecule has 0 saturated carbocycles. The van der Waals surface area contributed by atoms with Crippen LogP contribution in [-0.2, 0) is 4.79 Å². The van der Waals surface area contributed by atoms with Gasteiger partial charge < -0.3 is 20.9 Å². The molecule has 1 heterocycles. The SMILES string of the molecule is CCC(=O)Nc1ccc(NC(=O)NC2CCN(c3ccccc3)CC2)cc1. The molecule has 0 unspecified atom stereocenters. The maximum absolute atomic E-state index is 12.2. The van der Waals surface area contributed by atoms with Gasteiger partial charge in [0.15, 0.2) is 0 Å². The lowest BCUT2D eigenvalue weighted by Gasteiger charge is -2.33. The van der Waals surface area contributed by atoms with Crippen molar-refractivity contribution in [2.75, 3.05) is 28.6 Å². The smallest absolute Gasteiger partial charge is 0.319 e. The van der Waals surface area contributed by atoms with Crippen molar-refractivity contribution >= 4 is 29.0 Å². The quantitative estimate of drug-likeness (QED) is 0.753. The molecule has 1 fully saturated rings. The van der Waals surface area contributed by atoms with Gasteiger partial charge in [-0.25, -0.2) is 4.79 Å². The van der Waals surface area contributed by atoms with Gasteiger partial charge in [0.25, 0.3) is 0 Å². The second-order valence-electron chi connectivity index (χ2n) is 6.67. The fraction of sp³-hybridized carbons (Fsp3) is 0.333. The summed E-state index contributed by atoms with van der Waals surface area (Å²) in [6, 6.07) is 17.4. The third-order valence-electron chi connectivity index (χ3n) is 4.70. The van der Waals surface area contributed by atoms with E-state index < -0.39 is 0 Å². The summed E-state index contributed by atoms with van der Waals surface area (Å²) in [4.78, 5) is 26.0. The van der Waals surface area contributed by atoms with Crippen molar-refractivity contribution in [1.29, 1.82) is 0 Å². The standard InChI is InChI=1S/C21H26N4O2/c1-2-20(26)22-16-8-10-17(11-9-16)23-21(27)24-18-12-14-25(15-13-18)19-6-4-3-5-7-19/h3-11,18H,2,12-15H2,1H3,(H,22,26)(H2,23,24,27). The van der Waals surface area contributed by atoms with Crippen LogP contribution in [-0.4, -0.2) is 31.1 Å². The summed E-state index contributed by atoms with van der Waals surface area (Å²) >= 11 is 0. The average molecular weight is 366 g/mol. The number of nitrogens with zero attached hydrogens (tertiary/aromatic N) is 1. The molecule has 3 rings (SSSR count). The van der Waals surface area contributed by atoms with Gasteiger partial charge in [0.05, 0.1) is 0 Å². The first-order valence-corrected chi connectivity index (χ1v) is 9.41. The molecule has 27 heavy (non-hydrogen) atoms. The fourth-order valence-corrected chi connectivity index (χ4v) is 3.16. The Morgan fingerprint density at radius 3 is 2.11 bits per heavy atom. The van der Waals surface area contributed by atoms with Gasteiger partial charge >= 0.3 is 6.03 Å². The Morgan fingerprint density at radius 2 is 1.52 bits per heavy atom. The topological polar surface area (TPSA) is 73.5 Å². The van der Waals surface area contributed by atoms with Crippen molar-refractivity contribution in [3.63, 3.8) is 0 Å². The van der Waals surface area contributed by atoms with Crippen molar-refractivity contribution in [1.82, 2.24) is 5.32 Å². The van der Waals surface area contributed by atoms with E-state index in [4.69, 9.17) is 0 Å². The van der Waals surface area contributed by atoms with Crippen LogP contribution < -0.4 is 20.9 Å². The highest BCUT2D eigenvalue weighted by Crippen LogP contribution is 2.19. The normalized spacial score (nSPS) is 14.5. The molecule has 0 aliphatic carbocycles. The van der Waals surface area contributed by atoms with E-state index in [2.05, 4.69) is 33.0 Å². The second-order valence-corrected chi connectivity index (χ2v) is 6.67. The Bertz CT molecular complexity index is 754. The van der Waals surface area contributed by atoms with E-state index in [-0.39, 0.29) is 18.0 Å². The van der Waals surface area contributed by atoms with Crippen LogP contribution in [0, 0.1) is 0 Å². The molecule has 0 bridgehead atoms. The number of anilines is 3. The van der Waals surface area contributed by atoms with Crippen LogP contribution in [0.2, 0.25) is 0 Å². The highest BCUT2D eigenvalue weighted by atomic mass is 16.2. The maximum atomic E-state index is 12.2. The molecule has 1 aliphatic heterocycles. The Morgan fingerprint density at radius 1 is 0.926 bits per heavy atom. The molecule has 0 atom stereocenters. The molecule has 142 valence electrons. The number of amides is 3. The van der Waals surface area contributed by atoms with Crippen molar-refractivity contribution in [3.05, 3.63) is 54.6 Å². The molecule has 1 aliphatic rings. The van der Waals surface area contributed by atoms with Gasteiger partial charge in [0.1, 0.15) is 0 Å². The van der Waals surface area contributed by atoms with E-state index in [0.29, 0.717) is 12.1 Å². The zero-order valence-electron chi connectivity index (χ0n) is 15.6. The summed E-state index contributed by atoms with van der Waals surface area (Å²) in [5, 5.41) is 8.68. The number of piperidine rings is 1. The first-order chi connectivity index (χ1) is 13.1. The van der Waals surface area contributed by atoms with Crippen molar-refractivity contribution in [2.45, 2.75) is 32.2 Å². The molecule has 0 spiro atoms. The minimum Gasteiger partial charge on any atom is -0.371 e. The van der Waals surface area contributed by atoms with Gasteiger partial charge in [0.2, 0.25) is 5.91 Å². The van der Waals surface area contributed by atoms with Gasteiger partial charge in [0, 0.05) is 42.6 Å². The highest BCUT2D eigenvalue weighted by molar-refractivity contribution is 5.92. The predicted octanol–water partition coefficient (Wildman–Crippen LogP) is 3.83. The molecule has 0 aromatic heterocycles. The number of carbonyl (C=O) groups excluding carboxylic acids is 2. The number of hydrogen-bond acceptors (Lipinski definition) is 3. The Labute approximate surface area is 159 Å². The fourth-order valence-electron chi connectivity index (χ4n) is 3.16. The molecule has 3 amide bonds. The molecule has 0 radical (unpaired) electrons. The zero-order valence-corrected chi connectivity index (χ0v) is 15.6. The molecule has 3 N–H and O–H groups in total. The van der Waals surface area contributed by atoms with Crippen LogP contribution in [0.15, 0.2) is 54.6 Å². The van der Waals surface area contributed by atoms with E-state index in [9.17, 15) is 9.59 Å². The lowest BCUT2D eigenvalue weighted by Crippen LogP contribution is -2.46. The maximum Gasteiger partial charge on any atom is 0.319 e. The minimum atomic E-state index is -0.196. The zero-order chi connectivity index (χ0) is 19.1. The van der Waals surface area contributed by atoms with Gasteiger partial charge in [-0.1, -0.05) is 25.1 Å². The summed E-state index contributed by atoms with van der Waals surface area (Å²) < 4.78 is 0. The summed E-state index contributed by atoms with van der Waals surface area (Å²) in [5.74, 6) is -0.0321. The van der Waals surface area contributed by atoms with Crippen LogP contribution in [0.4, 0.5) is 21.9 Å². The monoisotopic (exact) mass is 366 g/mol. The Balaban J connectivity index is 1.44. The van der Waals surface area contributed by atoms with Gasteiger partial charge in [-0.3, -0.25) is 4.79 Å². The van der Waals surface area contributed by atoms with Crippen molar-refractivity contribution in [2.24, 2.45) is 0 Å². The molecular weight excluding hydrogens is 340 g/mol. The van der Waals surface area contributed by atoms with E-state index in [1.165, 1.54) is 5.69 Å². The summed E-state index contributed by atoms with van der Waals surface area (Å²) in [6.45, 7) is 3.67. The lowest BCUT2D eigenvalue weighted by molar-refractivity contribution is -0.115. The predicted molar refractivity (Wildman–Crippen MR) is 109 cm³/mol. The minimum absolute atomic E-state index is 0.0321. The van der Waals surface area contributed by atoms with Crippen LogP contribution in [0.5, 0.6) is 0 Å². The molecule has 2 aromatic rings. The Kier molecular flexibility index (Phi) is 6.30. The first-order valence-electron chi connectivity index (χ1n) is 9.41. The number of urea groups is 1. The van der Waals surface area contributed by atoms with Crippen LogP contribution in [0.25, 0.3) is 0 Å². The molecule has 6 heteroatoms. The van der Waals surface area contributed by atoms with Crippen LogP contribution in [0.3, 0.4) is 0 Å². The van der Waals surface area contributed by atoms with Gasteiger partial charge in [-0.2, -0.15) is 0 Å². The van der Waals surface area contributed by atoms with Crippen molar-refractivity contribution < 1.29 is 9.59 Å². The molecular formula is C21H26N4O2. The number of hydrogen-bond donors (Lipinski definition) is 3. The first kappa shape index (κ1) is 18.8. The molecule has 6 nitrogen and oxygen atoms in total. The number of nitrogens with one attached hydrogen (secondary N) is 3. The summed E-state index contributed by atoms with van der Waals surface area (Å²) in [6.07, 6.45) is 2.28. The summed E-state index contributed by atoms with van der Waals surface area (Å²) in [7, 11) is 0. The number of rotatable bonds is 5. The van der Waals surface area contributed by atoms with Crippen molar-refractivity contribution in [3.8, 4) is 0 Å². The Hall–Kier alpha value is -3.02. The molecule has 1 saturated heterocycles. The highest BCUT2D eigenvalue weighted by Gasteiger charge is 2.20. The number of para-hydroxylation sites is 1. The van der Waals surface area contributed by atoms with Crippen LogP contribution >= 0.6 is 0 Å². The largest absolute Gasteiger partial charge is 0.371 e. The van der Waals surface area contributed by atoms with E-state index >= 15 is 0 Å². The van der Waals surface area contributed by atoms with E-state index in [0.717, 1.165) is 31.6 Å².